The van der Waals surface area contributed by atoms with Crippen LogP contribution >= 0.6 is 11.6 Å². The van der Waals surface area contributed by atoms with E-state index in [-0.39, 0.29) is 30.3 Å². The van der Waals surface area contributed by atoms with Gasteiger partial charge in [-0.25, -0.2) is 4.39 Å². The molecule has 3 rings (SSSR count). The zero-order chi connectivity index (χ0) is 18.8. The number of halogens is 2. The lowest BCUT2D eigenvalue weighted by Gasteiger charge is -2.13. The fourth-order valence-electron chi connectivity index (χ4n) is 2.80. The Kier molecular flexibility index (Phi) is 5.37. The standard InChI is InChI=1S/C20H20ClFO4/c1-11(2)26-16-6-13(5-15(21)9-16)12-3-4-19(18(22)8-12)25-10-14-7-17(14)20(23)24/h3-6,8-9,11,14,17H,7,10H2,1-2H3,(H,23,24)/t14-,17+/m1/s1. The number of aliphatic carboxylic acids is 1. The molecule has 2 aromatic rings. The molecule has 0 aliphatic heterocycles. The van der Waals surface area contributed by atoms with Crippen LogP contribution in [0.5, 0.6) is 11.5 Å². The van der Waals surface area contributed by atoms with Crippen molar-refractivity contribution in [1.29, 1.82) is 0 Å². The number of benzene rings is 2. The molecule has 2 atom stereocenters. The highest BCUT2D eigenvalue weighted by Gasteiger charge is 2.43. The Balaban J connectivity index is 1.73. The van der Waals surface area contributed by atoms with Gasteiger partial charge < -0.3 is 14.6 Å². The van der Waals surface area contributed by atoms with Gasteiger partial charge in [0.15, 0.2) is 11.6 Å². The van der Waals surface area contributed by atoms with Crippen molar-refractivity contribution < 1.29 is 23.8 Å². The fraction of sp³-hybridized carbons (Fsp3) is 0.350. The molecular formula is C20H20ClFO4. The van der Waals surface area contributed by atoms with Gasteiger partial charge in [-0.1, -0.05) is 17.7 Å². The molecule has 1 aliphatic rings. The lowest BCUT2D eigenvalue weighted by molar-refractivity contribution is -0.138. The molecule has 1 aliphatic carbocycles. The molecule has 0 saturated heterocycles. The molecule has 0 bridgehead atoms. The van der Waals surface area contributed by atoms with Crippen LogP contribution in [0.15, 0.2) is 36.4 Å². The lowest BCUT2D eigenvalue weighted by Crippen LogP contribution is -2.07. The van der Waals surface area contributed by atoms with Crippen molar-refractivity contribution in [3.63, 3.8) is 0 Å². The van der Waals surface area contributed by atoms with Crippen molar-refractivity contribution in [2.24, 2.45) is 11.8 Å². The molecule has 0 radical (unpaired) electrons. The summed E-state index contributed by atoms with van der Waals surface area (Å²) in [6, 6.07) is 9.93. The van der Waals surface area contributed by atoms with Gasteiger partial charge in [0.2, 0.25) is 0 Å². The number of carboxylic acids is 1. The van der Waals surface area contributed by atoms with Gasteiger partial charge in [0.25, 0.3) is 0 Å². The van der Waals surface area contributed by atoms with E-state index in [9.17, 15) is 9.18 Å². The van der Waals surface area contributed by atoms with Crippen LogP contribution in [0.25, 0.3) is 11.1 Å². The maximum absolute atomic E-state index is 14.4. The minimum Gasteiger partial charge on any atom is -0.491 e. The number of carboxylic acid groups (broad SMARTS) is 1. The molecule has 2 aromatic carbocycles. The first-order valence-electron chi connectivity index (χ1n) is 8.46. The second-order valence-corrected chi connectivity index (χ2v) is 7.18. The van der Waals surface area contributed by atoms with Gasteiger partial charge in [-0.15, -0.1) is 0 Å². The van der Waals surface area contributed by atoms with Gasteiger partial charge >= 0.3 is 5.97 Å². The van der Waals surface area contributed by atoms with Crippen LogP contribution in [-0.4, -0.2) is 23.8 Å². The van der Waals surface area contributed by atoms with Crippen LogP contribution in [0.1, 0.15) is 20.3 Å². The molecule has 1 saturated carbocycles. The quantitative estimate of drug-likeness (QED) is 0.733. The Labute approximate surface area is 156 Å². The monoisotopic (exact) mass is 378 g/mol. The third kappa shape index (κ3) is 4.47. The first-order valence-corrected chi connectivity index (χ1v) is 8.84. The minimum absolute atomic E-state index is 0.00545. The molecule has 0 aromatic heterocycles. The normalized spacial score (nSPS) is 18.7. The van der Waals surface area contributed by atoms with Crippen molar-refractivity contribution in [2.75, 3.05) is 6.61 Å². The van der Waals surface area contributed by atoms with Gasteiger partial charge in [0.1, 0.15) is 5.75 Å². The lowest BCUT2D eigenvalue weighted by atomic mass is 10.0. The summed E-state index contributed by atoms with van der Waals surface area (Å²) in [7, 11) is 0. The average molecular weight is 379 g/mol. The van der Waals surface area contributed by atoms with Crippen LogP contribution < -0.4 is 9.47 Å². The SMILES string of the molecule is CC(C)Oc1cc(Cl)cc(-c2ccc(OC[C@H]3C[C@@H]3C(=O)O)c(F)c2)c1. The molecule has 0 heterocycles. The third-order valence-electron chi connectivity index (χ3n) is 4.20. The second-order valence-electron chi connectivity index (χ2n) is 6.74. The van der Waals surface area contributed by atoms with E-state index in [0.29, 0.717) is 22.8 Å². The molecule has 0 spiro atoms. The third-order valence-corrected chi connectivity index (χ3v) is 4.42. The van der Waals surface area contributed by atoms with Crippen LogP contribution in [0, 0.1) is 17.7 Å². The summed E-state index contributed by atoms with van der Waals surface area (Å²) >= 11 is 6.14. The Morgan fingerprint density at radius 3 is 2.65 bits per heavy atom. The largest absolute Gasteiger partial charge is 0.491 e. The van der Waals surface area contributed by atoms with Crippen molar-refractivity contribution >= 4 is 17.6 Å². The van der Waals surface area contributed by atoms with Gasteiger partial charge in [-0.05, 0) is 61.7 Å². The zero-order valence-corrected chi connectivity index (χ0v) is 15.3. The maximum Gasteiger partial charge on any atom is 0.306 e. The fourth-order valence-corrected chi connectivity index (χ4v) is 3.02. The summed E-state index contributed by atoms with van der Waals surface area (Å²) in [5, 5.41) is 9.39. The van der Waals surface area contributed by atoms with Gasteiger partial charge in [0.05, 0.1) is 18.6 Å². The van der Waals surface area contributed by atoms with Crippen molar-refractivity contribution in [1.82, 2.24) is 0 Å². The van der Waals surface area contributed by atoms with Crippen LogP contribution in [0.2, 0.25) is 5.02 Å². The summed E-state index contributed by atoms with van der Waals surface area (Å²) in [6.45, 7) is 4.04. The summed E-state index contributed by atoms with van der Waals surface area (Å²) < 4.78 is 25.5. The summed E-state index contributed by atoms with van der Waals surface area (Å²) in [6.07, 6.45) is 0.585. The van der Waals surface area contributed by atoms with Crippen molar-refractivity contribution in [3.05, 3.63) is 47.2 Å². The van der Waals surface area contributed by atoms with E-state index in [1.807, 2.05) is 19.9 Å². The van der Waals surface area contributed by atoms with E-state index in [4.69, 9.17) is 26.2 Å². The van der Waals surface area contributed by atoms with Crippen molar-refractivity contribution in [3.8, 4) is 22.6 Å². The smallest absolute Gasteiger partial charge is 0.306 e. The van der Waals surface area contributed by atoms with E-state index < -0.39 is 11.8 Å². The molecule has 4 nitrogen and oxygen atoms in total. The first kappa shape index (κ1) is 18.5. The predicted octanol–water partition coefficient (Wildman–Crippen LogP) is 5.03. The Morgan fingerprint density at radius 2 is 2.04 bits per heavy atom. The molecule has 1 N–H and O–H groups in total. The first-order chi connectivity index (χ1) is 12.3. The van der Waals surface area contributed by atoms with E-state index in [0.717, 1.165) is 5.56 Å². The molecule has 6 heteroatoms. The molecule has 26 heavy (non-hydrogen) atoms. The van der Waals surface area contributed by atoms with Gasteiger partial charge in [-0.2, -0.15) is 0 Å². The highest BCUT2D eigenvalue weighted by molar-refractivity contribution is 6.31. The minimum atomic E-state index is -0.824. The average Bonchev–Trinajstić information content (AvgIpc) is 3.32. The highest BCUT2D eigenvalue weighted by Crippen LogP contribution is 2.39. The molecule has 0 amide bonds. The summed E-state index contributed by atoms with van der Waals surface area (Å²) in [5.41, 5.74) is 1.40. The number of hydrogen-bond acceptors (Lipinski definition) is 3. The highest BCUT2D eigenvalue weighted by atomic mass is 35.5. The van der Waals surface area contributed by atoms with E-state index in [1.165, 1.54) is 6.07 Å². The van der Waals surface area contributed by atoms with Gasteiger partial charge in [-0.3, -0.25) is 4.79 Å². The predicted molar refractivity (Wildman–Crippen MR) is 97.3 cm³/mol. The van der Waals surface area contributed by atoms with Crippen LogP contribution in [0.4, 0.5) is 4.39 Å². The molecular weight excluding hydrogens is 359 g/mol. The summed E-state index contributed by atoms with van der Waals surface area (Å²) in [5.74, 6) is -1.00. The zero-order valence-electron chi connectivity index (χ0n) is 14.5. The number of ether oxygens (including phenoxy) is 2. The molecule has 0 unspecified atom stereocenters. The number of rotatable bonds is 7. The molecule has 138 valence electrons. The van der Waals surface area contributed by atoms with E-state index in [1.54, 1.807) is 24.3 Å². The van der Waals surface area contributed by atoms with E-state index in [2.05, 4.69) is 0 Å². The van der Waals surface area contributed by atoms with Crippen molar-refractivity contribution in [2.45, 2.75) is 26.4 Å². The molecule has 1 fully saturated rings. The summed E-state index contributed by atoms with van der Waals surface area (Å²) in [4.78, 5) is 10.8. The number of hydrogen-bond donors (Lipinski definition) is 1. The maximum atomic E-state index is 14.4. The Bertz CT molecular complexity index is 821. The van der Waals surface area contributed by atoms with Gasteiger partial charge in [0, 0.05) is 10.9 Å². The van der Waals surface area contributed by atoms with Crippen LogP contribution in [0.3, 0.4) is 0 Å². The van der Waals surface area contributed by atoms with E-state index >= 15 is 0 Å². The second kappa shape index (κ2) is 7.54. The topological polar surface area (TPSA) is 55.8 Å². The Hall–Kier alpha value is -2.27. The Morgan fingerprint density at radius 1 is 1.27 bits per heavy atom. The number of carbonyl (C=O) groups is 1. The van der Waals surface area contributed by atoms with Crippen LogP contribution in [-0.2, 0) is 4.79 Å².